The Balaban J connectivity index is 1.67. The second-order valence-electron chi connectivity index (χ2n) is 5.62. The molecular formula is C16H21N5. The lowest BCUT2D eigenvalue weighted by Crippen LogP contribution is -2.29. The Morgan fingerprint density at radius 3 is 3.05 bits per heavy atom. The molecule has 110 valence electrons. The Morgan fingerprint density at radius 1 is 1.38 bits per heavy atom. The third-order valence-electron chi connectivity index (χ3n) is 4.02. The minimum atomic E-state index is 0.207. The predicted octanol–water partition coefficient (Wildman–Crippen LogP) is 2.24. The fraction of sp³-hybridized carbons (Fsp3) is 0.375. The predicted molar refractivity (Wildman–Crippen MR) is 85.5 cm³/mol. The van der Waals surface area contributed by atoms with Crippen LogP contribution < -0.4 is 11.1 Å². The molecule has 0 amide bonds. The van der Waals surface area contributed by atoms with Crippen LogP contribution in [0.25, 0.3) is 0 Å². The highest BCUT2D eigenvalue weighted by Crippen LogP contribution is 2.17. The van der Waals surface area contributed by atoms with Gasteiger partial charge in [0, 0.05) is 31.0 Å². The summed E-state index contributed by atoms with van der Waals surface area (Å²) in [6.07, 6.45) is 5.71. The summed E-state index contributed by atoms with van der Waals surface area (Å²) in [7, 11) is 0. The maximum absolute atomic E-state index is 6.03. The lowest BCUT2D eigenvalue weighted by atomic mass is 10.1. The molecule has 3 rings (SSSR count). The van der Waals surface area contributed by atoms with Crippen LogP contribution in [0.5, 0.6) is 0 Å². The summed E-state index contributed by atoms with van der Waals surface area (Å²) in [6, 6.07) is 6.41. The largest absolute Gasteiger partial charge is 0.370 e. The summed E-state index contributed by atoms with van der Waals surface area (Å²) < 4.78 is 2.18. The number of aryl methyl sites for hydroxylation is 3. The summed E-state index contributed by atoms with van der Waals surface area (Å²) in [5.41, 5.74) is 9.53. The fourth-order valence-corrected chi connectivity index (χ4v) is 2.64. The van der Waals surface area contributed by atoms with Gasteiger partial charge < -0.3 is 15.6 Å². The normalized spacial score (nSPS) is 18.4. The third kappa shape index (κ3) is 3.07. The maximum atomic E-state index is 6.03. The van der Waals surface area contributed by atoms with E-state index in [1.165, 1.54) is 11.1 Å². The van der Waals surface area contributed by atoms with E-state index in [0.717, 1.165) is 30.9 Å². The molecule has 3 N–H and O–H groups in total. The summed E-state index contributed by atoms with van der Waals surface area (Å²) >= 11 is 0. The summed E-state index contributed by atoms with van der Waals surface area (Å²) in [6.45, 7) is 5.15. The molecule has 0 bridgehead atoms. The van der Waals surface area contributed by atoms with Crippen LogP contribution in [-0.2, 0) is 13.0 Å². The Bertz CT molecular complexity index is 671. The zero-order chi connectivity index (χ0) is 14.8. The molecule has 1 aliphatic heterocycles. The molecule has 1 atom stereocenters. The second-order valence-corrected chi connectivity index (χ2v) is 5.62. The molecule has 0 aliphatic carbocycles. The number of benzene rings is 1. The standard InChI is InChI=1S/C16H21N5/c1-11-3-4-13(9-12(11)2)19-16(17)20-14-5-7-21-8-6-18-15(21)10-14/h3-4,6,8-9,14H,5,7,10H2,1-2H3,(H3,17,19,20). The first-order valence-corrected chi connectivity index (χ1v) is 7.29. The lowest BCUT2D eigenvalue weighted by Gasteiger charge is -2.20. The van der Waals surface area contributed by atoms with Gasteiger partial charge in [-0.3, -0.25) is 0 Å². The lowest BCUT2D eigenvalue weighted by molar-refractivity contribution is 0.465. The van der Waals surface area contributed by atoms with Crippen molar-refractivity contribution in [2.24, 2.45) is 10.7 Å². The van der Waals surface area contributed by atoms with Gasteiger partial charge in [0.05, 0.1) is 6.04 Å². The first kappa shape index (κ1) is 13.7. The monoisotopic (exact) mass is 283 g/mol. The van der Waals surface area contributed by atoms with Crippen LogP contribution >= 0.6 is 0 Å². The summed E-state index contributed by atoms with van der Waals surface area (Å²) in [5, 5.41) is 3.18. The highest BCUT2D eigenvalue weighted by atomic mass is 15.1. The molecule has 1 aromatic carbocycles. The van der Waals surface area contributed by atoms with Gasteiger partial charge in [-0.2, -0.15) is 0 Å². The molecule has 1 unspecified atom stereocenters. The zero-order valence-electron chi connectivity index (χ0n) is 12.5. The number of rotatable bonds is 2. The topological polar surface area (TPSA) is 68.2 Å². The highest BCUT2D eigenvalue weighted by molar-refractivity contribution is 5.92. The van der Waals surface area contributed by atoms with Crippen LogP contribution in [-0.4, -0.2) is 21.6 Å². The van der Waals surface area contributed by atoms with Crippen molar-refractivity contribution in [3.63, 3.8) is 0 Å². The van der Waals surface area contributed by atoms with E-state index >= 15 is 0 Å². The molecule has 0 fully saturated rings. The van der Waals surface area contributed by atoms with Crippen molar-refractivity contribution in [3.05, 3.63) is 47.5 Å². The number of hydrogen-bond donors (Lipinski definition) is 2. The van der Waals surface area contributed by atoms with E-state index in [1.807, 2.05) is 18.5 Å². The van der Waals surface area contributed by atoms with Gasteiger partial charge in [0.25, 0.3) is 0 Å². The number of nitrogens with one attached hydrogen (secondary N) is 1. The van der Waals surface area contributed by atoms with Crippen molar-refractivity contribution in [1.29, 1.82) is 0 Å². The van der Waals surface area contributed by atoms with Crippen LogP contribution in [0.4, 0.5) is 5.69 Å². The van der Waals surface area contributed by atoms with Crippen LogP contribution in [0.2, 0.25) is 0 Å². The van der Waals surface area contributed by atoms with Crippen LogP contribution in [0.15, 0.2) is 35.6 Å². The van der Waals surface area contributed by atoms with Gasteiger partial charge in [-0.05, 0) is 43.5 Å². The fourth-order valence-electron chi connectivity index (χ4n) is 2.64. The van der Waals surface area contributed by atoms with Gasteiger partial charge in [-0.15, -0.1) is 0 Å². The summed E-state index contributed by atoms with van der Waals surface area (Å²) in [5.74, 6) is 1.57. The SMILES string of the molecule is Cc1ccc(NC(N)=NC2CCn3ccnc3C2)cc1C. The number of imidazole rings is 1. The second kappa shape index (κ2) is 5.60. The summed E-state index contributed by atoms with van der Waals surface area (Å²) in [4.78, 5) is 8.94. The van der Waals surface area contributed by atoms with Crippen LogP contribution in [0, 0.1) is 13.8 Å². The number of guanidine groups is 1. The van der Waals surface area contributed by atoms with E-state index in [1.54, 1.807) is 0 Å². The van der Waals surface area contributed by atoms with E-state index in [0.29, 0.717) is 5.96 Å². The van der Waals surface area contributed by atoms with Gasteiger partial charge in [-0.1, -0.05) is 6.07 Å². The molecule has 0 spiro atoms. The average molecular weight is 283 g/mol. The average Bonchev–Trinajstić information content (AvgIpc) is 2.90. The molecule has 21 heavy (non-hydrogen) atoms. The Kier molecular flexibility index (Phi) is 3.64. The van der Waals surface area contributed by atoms with Gasteiger partial charge in [0.2, 0.25) is 0 Å². The number of nitrogens with zero attached hydrogens (tertiary/aromatic N) is 3. The third-order valence-corrected chi connectivity index (χ3v) is 4.02. The number of aliphatic imine (C=N–C) groups is 1. The van der Waals surface area contributed by atoms with Crippen molar-refractivity contribution in [1.82, 2.24) is 9.55 Å². The smallest absolute Gasteiger partial charge is 0.193 e. The first-order chi connectivity index (χ1) is 10.1. The van der Waals surface area contributed by atoms with Crippen LogP contribution in [0.1, 0.15) is 23.4 Å². The van der Waals surface area contributed by atoms with E-state index in [9.17, 15) is 0 Å². The van der Waals surface area contributed by atoms with Crippen molar-refractivity contribution >= 4 is 11.6 Å². The van der Waals surface area contributed by atoms with Crippen LogP contribution in [0.3, 0.4) is 0 Å². The van der Waals surface area contributed by atoms with Gasteiger partial charge in [0.1, 0.15) is 5.82 Å². The molecule has 1 aliphatic rings. The molecule has 2 aromatic rings. The molecular weight excluding hydrogens is 262 g/mol. The highest BCUT2D eigenvalue weighted by Gasteiger charge is 2.18. The van der Waals surface area contributed by atoms with Gasteiger partial charge >= 0.3 is 0 Å². The van der Waals surface area contributed by atoms with E-state index in [-0.39, 0.29) is 6.04 Å². The number of hydrogen-bond acceptors (Lipinski definition) is 2. The molecule has 1 aromatic heterocycles. The molecule has 0 saturated heterocycles. The van der Waals surface area contributed by atoms with Gasteiger partial charge in [0.15, 0.2) is 5.96 Å². The number of fused-ring (bicyclic) bond motifs is 1. The zero-order valence-corrected chi connectivity index (χ0v) is 12.5. The molecule has 0 radical (unpaired) electrons. The van der Waals surface area contributed by atoms with Crippen molar-refractivity contribution < 1.29 is 0 Å². The maximum Gasteiger partial charge on any atom is 0.193 e. The minimum absolute atomic E-state index is 0.207. The van der Waals surface area contributed by atoms with E-state index < -0.39 is 0 Å². The minimum Gasteiger partial charge on any atom is -0.370 e. The molecule has 0 saturated carbocycles. The number of anilines is 1. The number of nitrogens with two attached hydrogens (primary N) is 1. The van der Waals surface area contributed by atoms with E-state index in [4.69, 9.17) is 5.73 Å². The molecule has 2 heterocycles. The molecule has 5 heteroatoms. The van der Waals surface area contributed by atoms with E-state index in [2.05, 4.69) is 45.8 Å². The van der Waals surface area contributed by atoms with Crippen molar-refractivity contribution in [2.45, 2.75) is 39.3 Å². The Hall–Kier alpha value is -2.30. The Morgan fingerprint density at radius 2 is 2.24 bits per heavy atom. The quantitative estimate of drug-likeness (QED) is 0.656. The van der Waals surface area contributed by atoms with Crippen molar-refractivity contribution in [3.8, 4) is 0 Å². The first-order valence-electron chi connectivity index (χ1n) is 7.29. The Labute approximate surface area is 124 Å². The molecule has 5 nitrogen and oxygen atoms in total. The van der Waals surface area contributed by atoms with Gasteiger partial charge in [-0.25, -0.2) is 9.98 Å². The van der Waals surface area contributed by atoms with Crippen molar-refractivity contribution in [2.75, 3.05) is 5.32 Å². The number of aromatic nitrogens is 2.